The number of rotatable bonds is 3. The van der Waals surface area contributed by atoms with Crippen molar-refractivity contribution < 1.29 is 9.90 Å². The average molecular weight is 241 g/mol. The highest BCUT2D eigenvalue weighted by Crippen LogP contribution is 2.20. The van der Waals surface area contributed by atoms with Crippen molar-refractivity contribution in [3.63, 3.8) is 0 Å². The van der Waals surface area contributed by atoms with Crippen molar-refractivity contribution in [2.24, 2.45) is 0 Å². The smallest absolute Gasteiger partial charge is 0.320 e. The highest BCUT2D eigenvalue weighted by atomic mass is 35.5. The number of aliphatic carboxylic acids is 1. The summed E-state index contributed by atoms with van der Waals surface area (Å²) in [7, 11) is 0. The number of nitrogens with zero attached hydrogens (tertiary/aromatic N) is 1. The molecule has 86 valence electrons. The highest BCUT2D eigenvalue weighted by molar-refractivity contribution is 6.31. The fourth-order valence-electron chi connectivity index (χ4n) is 2.01. The van der Waals surface area contributed by atoms with E-state index in [0.29, 0.717) is 11.4 Å². The Morgan fingerprint density at radius 2 is 2.44 bits per heavy atom. The van der Waals surface area contributed by atoms with E-state index in [4.69, 9.17) is 16.7 Å². The van der Waals surface area contributed by atoms with E-state index in [1.54, 1.807) is 12.4 Å². The van der Waals surface area contributed by atoms with Crippen LogP contribution in [0, 0.1) is 0 Å². The Hall–Kier alpha value is -1.13. The molecule has 0 aromatic carbocycles. The molecule has 2 N–H and O–H groups in total. The molecule has 4 nitrogen and oxygen atoms in total. The lowest BCUT2D eigenvalue weighted by Gasteiger charge is -2.12. The molecule has 1 aliphatic rings. The zero-order valence-corrected chi connectivity index (χ0v) is 9.44. The molecule has 2 heterocycles. The van der Waals surface area contributed by atoms with Crippen LogP contribution >= 0.6 is 11.6 Å². The summed E-state index contributed by atoms with van der Waals surface area (Å²) in [4.78, 5) is 14.7. The maximum absolute atomic E-state index is 10.8. The molecule has 0 amide bonds. The van der Waals surface area contributed by atoms with Crippen molar-refractivity contribution in [1.82, 2.24) is 10.3 Å². The monoisotopic (exact) mass is 240 g/mol. The third-order valence-electron chi connectivity index (χ3n) is 2.86. The van der Waals surface area contributed by atoms with Gasteiger partial charge < -0.3 is 10.4 Å². The molecule has 0 spiro atoms. The lowest BCUT2D eigenvalue weighted by molar-refractivity contribution is -0.139. The maximum atomic E-state index is 10.8. The quantitative estimate of drug-likeness (QED) is 0.840. The van der Waals surface area contributed by atoms with Gasteiger partial charge in [0.1, 0.15) is 6.04 Å². The van der Waals surface area contributed by atoms with Gasteiger partial charge in [0.2, 0.25) is 0 Å². The van der Waals surface area contributed by atoms with Crippen molar-refractivity contribution in [3.05, 3.63) is 29.0 Å². The summed E-state index contributed by atoms with van der Waals surface area (Å²) in [6.45, 7) is 0. The van der Waals surface area contributed by atoms with Crippen molar-refractivity contribution in [1.29, 1.82) is 0 Å². The minimum Gasteiger partial charge on any atom is -0.480 e. The van der Waals surface area contributed by atoms with Crippen molar-refractivity contribution in [2.75, 3.05) is 0 Å². The first-order valence-corrected chi connectivity index (χ1v) is 5.62. The van der Waals surface area contributed by atoms with Gasteiger partial charge in [-0.25, -0.2) is 0 Å². The van der Waals surface area contributed by atoms with Gasteiger partial charge in [-0.3, -0.25) is 9.78 Å². The Morgan fingerprint density at radius 1 is 1.62 bits per heavy atom. The SMILES string of the molecule is O=C(O)C1CCC(Cc2ccncc2Cl)N1. The number of carboxylic acids is 1. The molecule has 1 aromatic rings. The summed E-state index contributed by atoms with van der Waals surface area (Å²) in [5, 5.41) is 12.6. The Bertz CT molecular complexity index is 397. The van der Waals surface area contributed by atoms with Gasteiger partial charge in [-0.2, -0.15) is 0 Å². The van der Waals surface area contributed by atoms with E-state index in [2.05, 4.69) is 10.3 Å². The Morgan fingerprint density at radius 3 is 3.06 bits per heavy atom. The van der Waals surface area contributed by atoms with Gasteiger partial charge in [-0.05, 0) is 30.9 Å². The summed E-state index contributed by atoms with van der Waals surface area (Å²) in [5.41, 5.74) is 1.01. The van der Waals surface area contributed by atoms with E-state index >= 15 is 0 Å². The predicted molar refractivity (Wildman–Crippen MR) is 60.5 cm³/mol. The molecule has 0 saturated carbocycles. The topological polar surface area (TPSA) is 62.2 Å². The van der Waals surface area contributed by atoms with Gasteiger partial charge in [-0.15, -0.1) is 0 Å². The highest BCUT2D eigenvalue weighted by Gasteiger charge is 2.28. The second-order valence-corrected chi connectivity index (χ2v) is 4.41. The molecule has 2 unspecified atom stereocenters. The number of carbonyl (C=O) groups is 1. The number of aromatic nitrogens is 1. The summed E-state index contributed by atoms with van der Waals surface area (Å²) in [5.74, 6) is -0.775. The molecule has 1 aliphatic heterocycles. The number of hydrogen-bond acceptors (Lipinski definition) is 3. The number of hydrogen-bond donors (Lipinski definition) is 2. The molecule has 16 heavy (non-hydrogen) atoms. The number of pyridine rings is 1. The van der Waals surface area contributed by atoms with Gasteiger partial charge in [0.05, 0.1) is 5.02 Å². The van der Waals surface area contributed by atoms with Crippen molar-refractivity contribution >= 4 is 17.6 Å². The summed E-state index contributed by atoms with van der Waals surface area (Å²) >= 11 is 6.00. The fraction of sp³-hybridized carbons (Fsp3) is 0.455. The van der Waals surface area contributed by atoms with E-state index in [1.165, 1.54) is 0 Å². The minimum atomic E-state index is -0.775. The first-order valence-electron chi connectivity index (χ1n) is 5.24. The van der Waals surface area contributed by atoms with Gasteiger partial charge in [-0.1, -0.05) is 11.6 Å². The first kappa shape index (κ1) is 11.4. The predicted octanol–water partition coefficient (Wildman–Crippen LogP) is 1.48. The number of carboxylic acid groups (broad SMARTS) is 1. The van der Waals surface area contributed by atoms with Crippen LogP contribution in [0.15, 0.2) is 18.5 Å². The Labute approximate surface area is 98.6 Å². The maximum Gasteiger partial charge on any atom is 0.320 e. The molecule has 1 fully saturated rings. The molecule has 0 bridgehead atoms. The van der Waals surface area contributed by atoms with Crippen molar-refractivity contribution in [3.8, 4) is 0 Å². The molecular weight excluding hydrogens is 228 g/mol. The molecule has 0 aliphatic carbocycles. The summed E-state index contributed by atoms with van der Waals surface area (Å²) in [6.07, 6.45) is 5.62. The second-order valence-electron chi connectivity index (χ2n) is 4.00. The zero-order chi connectivity index (χ0) is 11.5. The van der Waals surface area contributed by atoms with Crippen LogP contribution in [0.5, 0.6) is 0 Å². The number of nitrogens with one attached hydrogen (secondary N) is 1. The van der Waals surface area contributed by atoms with E-state index in [0.717, 1.165) is 18.4 Å². The lowest BCUT2D eigenvalue weighted by atomic mass is 10.1. The zero-order valence-electron chi connectivity index (χ0n) is 8.69. The standard InChI is InChI=1S/C11H13ClN2O2/c12-9-6-13-4-3-7(9)5-8-1-2-10(14-8)11(15)16/h3-4,6,8,10,14H,1-2,5H2,(H,15,16). The molecule has 2 atom stereocenters. The molecule has 1 aromatic heterocycles. The lowest BCUT2D eigenvalue weighted by Crippen LogP contribution is -2.36. The van der Waals surface area contributed by atoms with Crippen LogP contribution in [0.1, 0.15) is 18.4 Å². The third-order valence-corrected chi connectivity index (χ3v) is 3.20. The van der Waals surface area contributed by atoms with E-state index in [1.807, 2.05) is 6.07 Å². The summed E-state index contributed by atoms with van der Waals surface area (Å²) in [6, 6.07) is 1.66. The van der Waals surface area contributed by atoms with E-state index in [9.17, 15) is 4.79 Å². The fourth-order valence-corrected chi connectivity index (χ4v) is 2.21. The van der Waals surface area contributed by atoms with Crippen LogP contribution in [0.2, 0.25) is 5.02 Å². The summed E-state index contributed by atoms with van der Waals surface area (Å²) < 4.78 is 0. The minimum absolute atomic E-state index is 0.195. The van der Waals surface area contributed by atoms with Crippen LogP contribution in [0.4, 0.5) is 0 Å². The number of halogens is 1. The molecule has 2 rings (SSSR count). The van der Waals surface area contributed by atoms with Crippen LogP contribution < -0.4 is 5.32 Å². The molecule has 5 heteroatoms. The Balaban J connectivity index is 1.97. The molecule has 0 radical (unpaired) electrons. The van der Waals surface area contributed by atoms with Crippen LogP contribution in [-0.2, 0) is 11.2 Å². The third kappa shape index (κ3) is 2.51. The van der Waals surface area contributed by atoms with Crippen LogP contribution in [-0.4, -0.2) is 28.1 Å². The Kier molecular flexibility index (Phi) is 3.41. The van der Waals surface area contributed by atoms with Crippen LogP contribution in [0.3, 0.4) is 0 Å². The van der Waals surface area contributed by atoms with Gasteiger partial charge in [0.15, 0.2) is 0 Å². The normalized spacial score (nSPS) is 24.6. The van der Waals surface area contributed by atoms with Gasteiger partial charge >= 0.3 is 5.97 Å². The second kappa shape index (κ2) is 4.80. The van der Waals surface area contributed by atoms with E-state index < -0.39 is 12.0 Å². The van der Waals surface area contributed by atoms with Crippen LogP contribution in [0.25, 0.3) is 0 Å². The first-order chi connectivity index (χ1) is 7.66. The van der Waals surface area contributed by atoms with Crippen molar-refractivity contribution in [2.45, 2.75) is 31.3 Å². The largest absolute Gasteiger partial charge is 0.480 e. The van der Waals surface area contributed by atoms with Gasteiger partial charge in [0, 0.05) is 18.4 Å². The average Bonchev–Trinajstić information content (AvgIpc) is 2.70. The molecular formula is C11H13ClN2O2. The van der Waals surface area contributed by atoms with E-state index in [-0.39, 0.29) is 6.04 Å². The van der Waals surface area contributed by atoms with Gasteiger partial charge in [0.25, 0.3) is 0 Å². The molecule has 1 saturated heterocycles.